The van der Waals surface area contributed by atoms with Gasteiger partial charge in [-0.1, -0.05) is 38.0 Å². The van der Waals surface area contributed by atoms with E-state index in [1.165, 1.54) is 5.56 Å². The van der Waals surface area contributed by atoms with Crippen molar-refractivity contribution in [1.29, 1.82) is 0 Å². The molecule has 0 heterocycles. The lowest BCUT2D eigenvalue weighted by molar-refractivity contribution is 0.361. The molecule has 0 saturated heterocycles. The molecule has 0 aliphatic rings. The van der Waals surface area contributed by atoms with Gasteiger partial charge in [0.25, 0.3) is 0 Å². The number of hydrogen-bond acceptors (Lipinski definition) is 2. The van der Waals surface area contributed by atoms with E-state index in [2.05, 4.69) is 56.1 Å². The van der Waals surface area contributed by atoms with E-state index in [1.54, 1.807) is 0 Å². The fourth-order valence-corrected chi connectivity index (χ4v) is 1.55. The summed E-state index contributed by atoms with van der Waals surface area (Å²) >= 11 is 0. The third-order valence-corrected chi connectivity index (χ3v) is 2.46. The summed E-state index contributed by atoms with van der Waals surface area (Å²) < 4.78 is 5.73. The second kappa shape index (κ2) is 6.98. The lowest BCUT2D eigenvalue weighted by Gasteiger charge is -2.14. The Morgan fingerprint density at radius 3 is 2.76 bits per heavy atom. The van der Waals surface area contributed by atoms with Crippen LogP contribution >= 0.6 is 0 Å². The zero-order chi connectivity index (χ0) is 12.7. The minimum absolute atomic E-state index is 0.454. The Balaban J connectivity index is 2.78. The summed E-state index contributed by atoms with van der Waals surface area (Å²) in [4.78, 5) is 0. The number of nitrogens with one attached hydrogen (secondary N) is 1. The van der Waals surface area contributed by atoms with E-state index in [-0.39, 0.29) is 0 Å². The van der Waals surface area contributed by atoms with Crippen molar-refractivity contribution in [3.05, 3.63) is 29.3 Å². The van der Waals surface area contributed by atoms with Gasteiger partial charge in [-0.15, -0.1) is 5.92 Å². The van der Waals surface area contributed by atoms with E-state index >= 15 is 0 Å². The molecule has 0 aromatic heterocycles. The van der Waals surface area contributed by atoms with Gasteiger partial charge in [0.05, 0.1) is 0 Å². The van der Waals surface area contributed by atoms with Gasteiger partial charge in [0, 0.05) is 18.2 Å². The molecule has 0 aliphatic carbocycles. The normalized spacial score (nSPS) is 9.94. The van der Waals surface area contributed by atoms with Crippen LogP contribution in [-0.2, 0) is 6.54 Å². The van der Waals surface area contributed by atoms with E-state index in [0.717, 1.165) is 17.9 Å². The van der Waals surface area contributed by atoms with Crippen molar-refractivity contribution < 1.29 is 4.74 Å². The molecule has 0 saturated carbocycles. The van der Waals surface area contributed by atoms with Crippen molar-refractivity contribution in [3.8, 4) is 17.6 Å². The highest BCUT2D eigenvalue weighted by Crippen LogP contribution is 2.23. The van der Waals surface area contributed by atoms with Gasteiger partial charge >= 0.3 is 0 Å². The summed E-state index contributed by atoms with van der Waals surface area (Å²) in [6, 6.07) is 6.69. The molecule has 0 fully saturated rings. The Bertz CT molecular complexity index is 413. The number of benzene rings is 1. The van der Waals surface area contributed by atoms with Crippen LogP contribution in [0, 0.1) is 18.8 Å². The van der Waals surface area contributed by atoms with Crippen LogP contribution in [0.2, 0.25) is 0 Å². The maximum absolute atomic E-state index is 5.73. The van der Waals surface area contributed by atoms with Gasteiger partial charge < -0.3 is 10.1 Å². The molecule has 92 valence electrons. The average molecular weight is 231 g/mol. The molecule has 0 amide bonds. The first-order valence-electron chi connectivity index (χ1n) is 5.99. The van der Waals surface area contributed by atoms with Gasteiger partial charge in [-0.2, -0.15) is 0 Å². The van der Waals surface area contributed by atoms with Crippen LogP contribution in [0.5, 0.6) is 5.75 Å². The SMILES string of the molecule is CC#CCOc1c(C)cccc1CNC(C)C. The molecule has 1 N–H and O–H groups in total. The molecular weight excluding hydrogens is 210 g/mol. The molecule has 0 aliphatic heterocycles. The smallest absolute Gasteiger partial charge is 0.149 e. The molecule has 1 aromatic carbocycles. The number of aryl methyl sites for hydroxylation is 1. The van der Waals surface area contributed by atoms with Crippen molar-refractivity contribution in [1.82, 2.24) is 5.32 Å². The van der Waals surface area contributed by atoms with Crippen molar-refractivity contribution in [2.24, 2.45) is 0 Å². The van der Waals surface area contributed by atoms with E-state index in [9.17, 15) is 0 Å². The van der Waals surface area contributed by atoms with Crippen LogP contribution in [-0.4, -0.2) is 12.6 Å². The van der Waals surface area contributed by atoms with E-state index in [4.69, 9.17) is 4.74 Å². The summed E-state index contributed by atoms with van der Waals surface area (Å²) in [5.41, 5.74) is 2.35. The first-order chi connectivity index (χ1) is 8.15. The monoisotopic (exact) mass is 231 g/mol. The minimum atomic E-state index is 0.454. The fourth-order valence-electron chi connectivity index (χ4n) is 1.55. The molecule has 1 rings (SSSR count). The number of rotatable bonds is 5. The van der Waals surface area contributed by atoms with Crippen LogP contribution in [0.15, 0.2) is 18.2 Å². The standard InChI is InChI=1S/C15H21NO/c1-5-6-10-17-15-13(4)8-7-9-14(15)11-16-12(2)3/h7-9,12,16H,10-11H2,1-4H3. The molecule has 0 atom stereocenters. The highest BCUT2D eigenvalue weighted by atomic mass is 16.5. The summed E-state index contributed by atoms with van der Waals surface area (Å²) in [6.07, 6.45) is 0. The van der Waals surface area contributed by atoms with E-state index < -0.39 is 0 Å². The van der Waals surface area contributed by atoms with Gasteiger partial charge in [0.1, 0.15) is 12.4 Å². The largest absolute Gasteiger partial charge is 0.480 e. The molecule has 2 nitrogen and oxygen atoms in total. The molecule has 0 bridgehead atoms. The lowest BCUT2D eigenvalue weighted by atomic mass is 10.1. The van der Waals surface area contributed by atoms with Crippen LogP contribution in [0.4, 0.5) is 0 Å². The Morgan fingerprint density at radius 1 is 1.35 bits per heavy atom. The maximum atomic E-state index is 5.73. The van der Waals surface area contributed by atoms with Crippen molar-refractivity contribution >= 4 is 0 Å². The summed E-state index contributed by atoms with van der Waals surface area (Å²) in [5.74, 6) is 6.72. The van der Waals surface area contributed by atoms with Gasteiger partial charge in [0.15, 0.2) is 0 Å². The minimum Gasteiger partial charge on any atom is -0.480 e. The zero-order valence-corrected chi connectivity index (χ0v) is 11.1. The first-order valence-corrected chi connectivity index (χ1v) is 5.99. The lowest BCUT2D eigenvalue weighted by Crippen LogP contribution is -2.22. The molecule has 1 aromatic rings. The quantitative estimate of drug-likeness (QED) is 0.787. The Morgan fingerprint density at radius 2 is 2.12 bits per heavy atom. The van der Waals surface area contributed by atoms with Crippen LogP contribution < -0.4 is 10.1 Å². The predicted molar refractivity (Wildman–Crippen MR) is 72.1 cm³/mol. The van der Waals surface area contributed by atoms with E-state index in [1.807, 2.05) is 6.92 Å². The van der Waals surface area contributed by atoms with Crippen molar-refractivity contribution in [3.63, 3.8) is 0 Å². The molecule has 0 radical (unpaired) electrons. The second-order valence-corrected chi connectivity index (χ2v) is 4.31. The third-order valence-electron chi connectivity index (χ3n) is 2.46. The van der Waals surface area contributed by atoms with Crippen LogP contribution in [0.1, 0.15) is 31.9 Å². The third kappa shape index (κ3) is 4.50. The number of para-hydroxylation sites is 1. The molecule has 0 unspecified atom stereocenters. The topological polar surface area (TPSA) is 21.3 Å². The van der Waals surface area contributed by atoms with Crippen molar-refractivity contribution in [2.75, 3.05) is 6.61 Å². The molecule has 2 heteroatoms. The Hall–Kier alpha value is -1.46. The van der Waals surface area contributed by atoms with Gasteiger partial charge in [-0.3, -0.25) is 0 Å². The van der Waals surface area contributed by atoms with Gasteiger partial charge in [0.2, 0.25) is 0 Å². The van der Waals surface area contributed by atoms with Crippen LogP contribution in [0.3, 0.4) is 0 Å². The summed E-state index contributed by atoms with van der Waals surface area (Å²) in [7, 11) is 0. The average Bonchev–Trinajstić information content (AvgIpc) is 2.29. The molecule has 0 spiro atoms. The fraction of sp³-hybridized carbons (Fsp3) is 0.467. The van der Waals surface area contributed by atoms with Crippen molar-refractivity contribution in [2.45, 2.75) is 40.3 Å². The summed E-state index contributed by atoms with van der Waals surface area (Å²) in [5, 5.41) is 3.40. The Kier molecular flexibility index (Phi) is 5.59. The van der Waals surface area contributed by atoms with Crippen LogP contribution in [0.25, 0.3) is 0 Å². The molecular formula is C15H21NO. The van der Waals surface area contributed by atoms with E-state index in [0.29, 0.717) is 12.6 Å². The number of hydrogen-bond donors (Lipinski definition) is 1. The zero-order valence-electron chi connectivity index (χ0n) is 11.1. The van der Waals surface area contributed by atoms with Gasteiger partial charge in [-0.25, -0.2) is 0 Å². The number of ether oxygens (including phenoxy) is 1. The highest BCUT2D eigenvalue weighted by Gasteiger charge is 2.06. The molecule has 17 heavy (non-hydrogen) atoms. The Labute approximate surface area is 104 Å². The van der Waals surface area contributed by atoms with Gasteiger partial charge in [-0.05, 0) is 19.4 Å². The maximum Gasteiger partial charge on any atom is 0.149 e. The predicted octanol–water partition coefficient (Wildman–Crippen LogP) is 2.90. The highest BCUT2D eigenvalue weighted by molar-refractivity contribution is 5.41. The second-order valence-electron chi connectivity index (χ2n) is 4.31. The summed E-state index contributed by atoms with van der Waals surface area (Å²) in [6.45, 7) is 9.44. The first kappa shape index (κ1) is 13.6.